The average molecular weight is 909 g/mol. The Bertz CT molecular complexity index is 1120. The number of aliphatic hydroxyl groups is 1. The highest BCUT2D eigenvalue weighted by Gasteiger charge is 2.23. The normalized spacial score (nSPS) is 14.3. The molecule has 372 valence electrons. The van der Waals surface area contributed by atoms with Crippen LogP contribution in [0.15, 0.2) is 36.5 Å². The Morgan fingerprint density at radius 1 is 0.540 bits per heavy atom. The van der Waals surface area contributed by atoms with E-state index in [9.17, 15) is 19.4 Å². The molecule has 0 rings (SSSR count). The first-order valence-electron chi connectivity index (χ1n) is 26.9. The van der Waals surface area contributed by atoms with Gasteiger partial charge in [0, 0.05) is 6.42 Å². The number of aliphatic hydroxyl groups excluding tert-OH is 1. The molecule has 0 fully saturated rings. The lowest BCUT2D eigenvalue weighted by Gasteiger charge is -2.29. The fourth-order valence-electron chi connectivity index (χ4n) is 7.81. The fraction of sp³-hybridized carbons (Fsp3) is 0.870. The van der Waals surface area contributed by atoms with E-state index in [1.807, 2.05) is 27.2 Å². The lowest BCUT2D eigenvalue weighted by molar-refractivity contribution is -0.870. The van der Waals surface area contributed by atoms with Gasteiger partial charge in [0.25, 0.3) is 7.82 Å². The van der Waals surface area contributed by atoms with Crippen molar-refractivity contribution in [2.45, 2.75) is 264 Å². The number of amides is 1. The smallest absolute Gasteiger partial charge is 0.268 e. The Morgan fingerprint density at radius 3 is 1.29 bits per heavy atom. The van der Waals surface area contributed by atoms with Crippen molar-refractivity contribution in [3.63, 3.8) is 0 Å². The molecule has 0 aliphatic heterocycles. The monoisotopic (exact) mass is 909 g/mol. The molecule has 0 aliphatic rings. The van der Waals surface area contributed by atoms with Crippen LogP contribution in [-0.4, -0.2) is 68.5 Å². The third-order valence-electron chi connectivity index (χ3n) is 12.1. The number of quaternary nitrogens is 1. The second kappa shape index (κ2) is 45.9. The zero-order valence-corrected chi connectivity index (χ0v) is 43.2. The van der Waals surface area contributed by atoms with Crippen LogP contribution in [0.3, 0.4) is 0 Å². The number of hydrogen-bond acceptors (Lipinski definition) is 6. The average Bonchev–Trinajstić information content (AvgIpc) is 3.24. The van der Waals surface area contributed by atoms with Crippen molar-refractivity contribution in [2.75, 3.05) is 40.9 Å². The first-order valence-corrected chi connectivity index (χ1v) is 28.3. The highest BCUT2D eigenvalue weighted by Crippen LogP contribution is 2.38. The molecule has 1 amide bonds. The first kappa shape index (κ1) is 61.7. The molecule has 0 aromatic rings. The standard InChI is InChI=1S/C54H105N2O6P/c1-6-8-10-12-14-16-18-20-22-24-26-27-28-29-30-31-33-35-37-39-41-43-45-47-53(57)52(51-62-63(59,60)61-50-49-56(3,4)5)55-54(58)48-46-44-42-40-38-36-34-32-25-23-21-19-17-15-13-11-9-7-2/h32,34,37,39,45,47,52-53,57H,6-31,33,35-36,38,40-44,46,48-51H2,1-5H3,(H-,55,58,59,60)/b34-32-,39-37+,47-45+. The largest absolute Gasteiger partial charge is 0.756 e. The molecule has 9 heteroatoms. The SMILES string of the molecule is CCCCCCCCCCC/C=C\CCCCCCCC(=O)NC(COP(=O)([O-])OCC[N+](C)(C)C)C(O)/C=C/CC/C=C/CCCCCCCCCCCCCCCCCCC. The van der Waals surface area contributed by atoms with Crippen molar-refractivity contribution in [3.05, 3.63) is 36.5 Å². The molecule has 0 aromatic heterocycles. The third-order valence-corrected chi connectivity index (χ3v) is 13.0. The second-order valence-corrected chi connectivity index (χ2v) is 21.0. The summed E-state index contributed by atoms with van der Waals surface area (Å²) >= 11 is 0. The maximum Gasteiger partial charge on any atom is 0.268 e. The summed E-state index contributed by atoms with van der Waals surface area (Å²) in [7, 11) is 1.24. The minimum atomic E-state index is -4.60. The van der Waals surface area contributed by atoms with Crippen molar-refractivity contribution in [3.8, 4) is 0 Å². The van der Waals surface area contributed by atoms with Crippen LogP contribution in [-0.2, 0) is 18.4 Å². The summed E-state index contributed by atoms with van der Waals surface area (Å²) in [6.45, 7) is 4.64. The lowest BCUT2D eigenvalue weighted by atomic mass is 10.0. The summed E-state index contributed by atoms with van der Waals surface area (Å²) < 4.78 is 23.3. The van der Waals surface area contributed by atoms with Gasteiger partial charge in [0.15, 0.2) is 0 Å². The molecule has 3 atom stereocenters. The van der Waals surface area contributed by atoms with Crippen LogP contribution in [0.1, 0.15) is 251 Å². The molecule has 0 bridgehead atoms. The zero-order valence-electron chi connectivity index (χ0n) is 42.3. The number of allylic oxidation sites excluding steroid dienone is 5. The van der Waals surface area contributed by atoms with Crippen molar-refractivity contribution < 1.29 is 32.9 Å². The molecule has 3 unspecified atom stereocenters. The number of phosphoric acid groups is 1. The van der Waals surface area contributed by atoms with Crippen LogP contribution in [0.25, 0.3) is 0 Å². The van der Waals surface area contributed by atoms with Gasteiger partial charge in [-0.3, -0.25) is 9.36 Å². The molecule has 0 aromatic carbocycles. The number of carbonyl (C=O) groups excluding carboxylic acids is 1. The van der Waals surface area contributed by atoms with E-state index >= 15 is 0 Å². The van der Waals surface area contributed by atoms with Gasteiger partial charge in [0.2, 0.25) is 5.91 Å². The van der Waals surface area contributed by atoms with E-state index in [2.05, 4.69) is 43.5 Å². The molecule has 0 heterocycles. The first-order chi connectivity index (χ1) is 30.5. The third kappa shape index (κ3) is 48.5. The molecule has 0 aliphatic carbocycles. The van der Waals surface area contributed by atoms with Gasteiger partial charge in [0.05, 0.1) is 39.9 Å². The Kier molecular flexibility index (Phi) is 44.9. The van der Waals surface area contributed by atoms with Crippen molar-refractivity contribution >= 4 is 13.7 Å². The van der Waals surface area contributed by atoms with Gasteiger partial charge < -0.3 is 28.8 Å². The minimum absolute atomic E-state index is 0.00751. The minimum Gasteiger partial charge on any atom is -0.756 e. The van der Waals surface area contributed by atoms with Gasteiger partial charge in [-0.2, -0.15) is 0 Å². The number of nitrogens with zero attached hydrogens (tertiary/aromatic N) is 1. The van der Waals surface area contributed by atoms with Gasteiger partial charge in [0.1, 0.15) is 13.2 Å². The number of nitrogens with one attached hydrogen (secondary N) is 1. The van der Waals surface area contributed by atoms with Gasteiger partial charge in [-0.15, -0.1) is 0 Å². The molecular formula is C54H105N2O6P. The molecule has 0 saturated carbocycles. The number of unbranched alkanes of at least 4 members (excludes halogenated alkanes) is 32. The molecule has 0 radical (unpaired) electrons. The quantitative estimate of drug-likeness (QED) is 0.0272. The molecule has 63 heavy (non-hydrogen) atoms. The number of likely N-dealkylation sites (N-methyl/N-ethyl adjacent to an activating group) is 1. The number of hydrogen-bond donors (Lipinski definition) is 2. The fourth-order valence-corrected chi connectivity index (χ4v) is 8.53. The molecule has 0 saturated heterocycles. The van der Waals surface area contributed by atoms with E-state index in [1.54, 1.807) is 6.08 Å². The van der Waals surface area contributed by atoms with E-state index < -0.39 is 26.6 Å². The Hall–Kier alpha value is -1.28. The van der Waals surface area contributed by atoms with E-state index in [4.69, 9.17) is 9.05 Å². The maximum absolute atomic E-state index is 12.9. The van der Waals surface area contributed by atoms with Crippen LogP contribution in [0.4, 0.5) is 0 Å². The zero-order chi connectivity index (χ0) is 46.4. The van der Waals surface area contributed by atoms with Crippen LogP contribution in [0.5, 0.6) is 0 Å². The molecule has 0 spiro atoms. The van der Waals surface area contributed by atoms with E-state index in [0.29, 0.717) is 17.4 Å². The van der Waals surface area contributed by atoms with Gasteiger partial charge in [-0.25, -0.2) is 0 Å². The van der Waals surface area contributed by atoms with Crippen LogP contribution >= 0.6 is 7.82 Å². The highest BCUT2D eigenvalue weighted by molar-refractivity contribution is 7.45. The second-order valence-electron chi connectivity index (χ2n) is 19.6. The van der Waals surface area contributed by atoms with Crippen LogP contribution in [0.2, 0.25) is 0 Å². The maximum atomic E-state index is 12.9. The van der Waals surface area contributed by atoms with Crippen molar-refractivity contribution in [1.29, 1.82) is 0 Å². The van der Waals surface area contributed by atoms with Gasteiger partial charge in [-0.05, 0) is 57.8 Å². The summed E-state index contributed by atoms with van der Waals surface area (Å²) in [5.74, 6) is -0.213. The lowest BCUT2D eigenvalue weighted by Crippen LogP contribution is -2.45. The number of carbonyl (C=O) groups is 1. The van der Waals surface area contributed by atoms with Crippen LogP contribution in [0, 0.1) is 0 Å². The van der Waals surface area contributed by atoms with Crippen LogP contribution < -0.4 is 10.2 Å². The van der Waals surface area contributed by atoms with Crippen molar-refractivity contribution in [2.24, 2.45) is 0 Å². The topological polar surface area (TPSA) is 108 Å². The van der Waals surface area contributed by atoms with E-state index in [-0.39, 0.29) is 12.5 Å². The molecule has 8 nitrogen and oxygen atoms in total. The summed E-state index contributed by atoms with van der Waals surface area (Å²) in [6.07, 6.45) is 57.8. The molecular weight excluding hydrogens is 804 g/mol. The Labute approximate surface area is 391 Å². The van der Waals surface area contributed by atoms with Gasteiger partial charge in [-0.1, -0.05) is 224 Å². The van der Waals surface area contributed by atoms with E-state index in [0.717, 1.165) is 51.4 Å². The highest BCUT2D eigenvalue weighted by atomic mass is 31.2. The predicted molar refractivity (Wildman–Crippen MR) is 270 cm³/mol. The van der Waals surface area contributed by atoms with Gasteiger partial charge >= 0.3 is 0 Å². The number of rotatable bonds is 49. The molecule has 2 N–H and O–H groups in total. The summed E-state index contributed by atoms with van der Waals surface area (Å²) in [5, 5.41) is 13.8. The van der Waals surface area contributed by atoms with E-state index in [1.165, 1.54) is 180 Å². The predicted octanol–water partition coefficient (Wildman–Crippen LogP) is 15.2. The Morgan fingerprint density at radius 2 is 0.889 bits per heavy atom. The number of phosphoric ester groups is 1. The Balaban J connectivity index is 4.33. The summed E-state index contributed by atoms with van der Waals surface area (Å²) in [5.41, 5.74) is 0. The summed E-state index contributed by atoms with van der Waals surface area (Å²) in [4.78, 5) is 25.4. The summed E-state index contributed by atoms with van der Waals surface area (Å²) in [6, 6.07) is -0.907. The van der Waals surface area contributed by atoms with Crippen molar-refractivity contribution in [1.82, 2.24) is 5.32 Å².